The van der Waals surface area contributed by atoms with Gasteiger partial charge in [-0.2, -0.15) is 5.10 Å². The van der Waals surface area contributed by atoms with Gasteiger partial charge >= 0.3 is 6.09 Å². The normalized spacial score (nSPS) is 20.0. The van der Waals surface area contributed by atoms with E-state index in [-0.39, 0.29) is 18.0 Å². The molecule has 0 saturated carbocycles. The highest BCUT2D eigenvalue weighted by molar-refractivity contribution is 5.90. The molecule has 1 saturated heterocycles. The van der Waals surface area contributed by atoms with Gasteiger partial charge in [0.2, 0.25) is 6.41 Å². The molecule has 2 aliphatic heterocycles. The fraction of sp³-hybridized carbons (Fsp3) is 0.412. The molecule has 2 aliphatic rings. The Labute approximate surface area is 145 Å². The predicted molar refractivity (Wildman–Crippen MR) is 92.6 cm³/mol. The maximum atomic E-state index is 12.0. The van der Waals surface area contributed by atoms with Crippen LogP contribution in [0.5, 0.6) is 0 Å². The van der Waals surface area contributed by atoms with Gasteiger partial charge in [-0.15, -0.1) is 0 Å². The molecule has 1 atom stereocenters. The van der Waals surface area contributed by atoms with Gasteiger partial charge in [0.05, 0.1) is 13.1 Å². The Kier molecular flexibility index (Phi) is 4.97. The molecular weight excluding hydrogens is 324 g/mol. The number of hydrogen-bond acceptors (Lipinski definition) is 6. The quantitative estimate of drug-likeness (QED) is 0.732. The van der Waals surface area contributed by atoms with E-state index in [0.29, 0.717) is 38.9 Å². The molecule has 8 heteroatoms. The van der Waals surface area contributed by atoms with Gasteiger partial charge < -0.3 is 14.4 Å². The third kappa shape index (κ3) is 3.96. The number of ketones is 1. The molecule has 132 valence electrons. The van der Waals surface area contributed by atoms with Gasteiger partial charge in [0, 0.05) is 24.3 Å². The Morgan fingerprint density at radius 2 is 2.00 bits per heavy atom. The minimum absolute atomic E-state index is 0.0928. The highest BCUT2D eigenvalue weighted by Crippen LogP contribution is 2.26. The molecule has 1 aromatic carbocycles. The first kappa shape index (κ1) is 16.9. The summed E-state index contributed by atoms with van der Waals surface area (Å²) in [4.78, 5) is 37.3. The van der Waals surface area contributed by atoms with Crippen molar-refractivity contribution in [1.82, 2.24) is 5.01 Å². The summed E-state index contributed by atoms with van der Waals surface area (Å²) in [5.74, 6) is 0.0928. The number of benzene rings is 1. The summed E-state index contributed by atoms with van der Waals surface area (Å²) in [6.07, 6.45) is 2.62. The third-order valence-corrected chi connectivity index (χ3v) is 4.22. The summed E-state index contributed by atoms with van der Waals surface area (Å²) < 4.78 is 5.31. The Hall–Kier alpha value is -2.90. The molecule has 8 nitrogen and oxygen atoms in total. The van der Waals surface area contributed by atoms with Crippen molar-refractivity contribution >= 4 is 36.0 Å². The number of anilines is 2. The highest BCUT2D eigenvalue weighted by Gasteiger charge is 2.32. The van der Waals surface area contributed by atoms with E-state index in [1.165, 1.54) is 11.9 Å². The second-order valence-electron chi connectivity index (χ2n) is 6.07. The molecule has 0 aliphatic carbocycles. The van der Waals surface area contributed by atoms with E-state index in [1.54, 1.807) is 11.2 Å². The standard InChI is InChI=1S/C17H20N4O4/c1-13(23)2-7-16-10-21(17(24)25-16)15-5-3-14(4-6-15)19-8-9-20(12-22)18-11-19/h3-6,11-12,16H,2,7-10H2,1H3/t16-/m0/s1. The zero-order valence-corrected chi connectivity index (χ0v) is 14.0. The summed E-state index contributed by atoms with van der Waals surface area (Å²) >= 11 is 0. The Morgan fingerprint density at radius 3 is 2.60 bits per heavy atom. The zero-order chi connectivity index (χ0) is 17.8. The lowest BCUT2D eigenvalue weighted by Gasteiger charge is -2.26. The number of amides is 2. The summed E-state index contributed by atoms with van der Waals surface area (Å²) in [5.41, 5.74) is 1.68. The second kappa shape index (κ2) is 7.33. The van der Waals surface area contributed by atoms with Crippen molar-refractivity contribution in [1.29, 1.82) is 0 Å². The zero-order valence-electron chi connectivity index (χ0n) is 14.0. The van der Waals surface area contributed by atoms with E-state index in [4.69, 9.17) is 4.74 Å². The van der Waals surface area contributed by atoms with E-state index in [0.717, 1.165) is 11.4 Å². The minimum atomic E-state index is -0.387. The van der Waals surface area contributed by atoms with E-state index in [2.05, 4.69) is 5.10 Å². The van der Waals surface area contributed by atoms with E-state index < -0.39 is 0 Å². The van der Waals surface area contributed by atoms with Gasteiger partial charge in [0.1, 0.15) is 18.2 Å². The van der Waals surface area contributed by atoms with Gasteiger partial charge in [-0.25, -0.2) is 9.80 Å². The number of carbonyl (C=O) groups is 3. The van der Waals surface area contributed by atoms with Gasteiger partial charge in [-0.05, 0) is 37.6 Å². The predicted octanol–water partition coefficient (Wildman–Crippen LogP) is 1.60. The molecule has 1 fully saturated rings. The van der Waals surface area contributed by atoms with Gasteiger partial charge in [-0.1, -0.05) is 0 Å². The summed E-state index contributed by atoms with van der Waals surface area (Å²) in [6.45, 7) is 3.16. The molecule has 2 heterocycles. The van der Waals surface area contributed by atoms with Crippen LogP contribution in [-0.2, 0) is 14.3 Å². The van der Waals surface area contributed by atoms with Crippen molar-refractivity contribution in [2.24, 2.45) is 5.10 Å². The van der Waals surface area contributed by atoms with Crippen molar-refractivity contribution in [2.75, 3.05) is 29.4 Å². The maximum Gasteiger partial charge on any atom is 0.414 e. The lowest BCUT2D eigenvalue weighted by atomic mass is 10.1. The third-order valence-electron chi connectivity index (χ3n) is 4.22. The summed E-state index contributed by atoms with van der Waals surface area (Å²) in [7, 11) is 0. The van der Waals surface area contributed by atoms with Crippen LogP contribution in [0.3, 0.4) is 0 Å². The number of rotatable bonds is 6. The Morgan fingerprint density at radius 1 is 1.28 bits per heavy atom. The van der Waals surface area contributed by atoms with Crippen molar-refractivity contribution in [3.8, 4) is 0 Å². The van der Waals surface area contributed by atoms with Crippen LogP contribution in [0, 0.1) is 0 Å². The smallest absolute Gasteiger partial charge is 0.414 e. The van der Waals surface area contributed by atoms with E-state index in [9.17, 15) is 14.4 Å². The number of cyclic esters (lactones) is 1. The first-order valence-corrected chi connectivity index (χ1v) is 8.17. The molecule has 0 N–H and O–H groups in total. The van der Waals surface area contributed by atoms with Crippen LogP contribution < -0.4 is 9.80 Å². The fourth-order valence-electron chi connectivity index (χ4n) is 2.80. The number of hydrazone groups is 1. The van der Waals surface area contributed by atoms with Crippen molar-refractivity contribution in [3.63, 3.8) is 0 Å². The molecule has 3 rings (SSSR count). The number of Topliss-reactive ketones (excluding diaryl/α,β-unsaturated/α-hetero) is 1. The number of carbonyl (C=O) groups excluding carboxylic acids is 3. The molecule has 0 radical (unpaired) electrons. The molecule has 0 unspecified atom stereocenters. The van der Waals surface area contributed by atoms with Crippen LogP contribution in [0.2, 0.25) is 0 Å². The molecule has 0 spiro atoms. The summed E-state index contributed by atoms with van der Waals surface area (Å²) in [6, 6.07) is 7.50. The highest BCUT2D eigenvalue weighted by atomic mass is 16.6. The minimum Gasteiger partial charge on any atom is -0.444 e. The van der Waals surface area contributed by atoms with Crippen LogP contribution in [0.4, 0.5) is 16.2 Å². The Bertz CT molecular complexity index is 688. The molecule has 25 heavy (non-hydrogen) atoms. The van der Waals surface area contributed by atoms with Crippen molar-refractivity contribution in [3.05, 3.63) is 24.3 Å². The average Bonchev–Trinajstić information content (AvgIpc) is 3.01. The first-order valence-electron chi connectivity index (χ1n) is 8.17. The van der Waals surface area contributed by atoms with Gasteiger partial charge in [-0.3, -0.25) is 9.69 Å². The largest absolute Gasteiger partial charge is 0.444 e. The number of hydrogen-bond donors (Lipinski definition) is 0. The van der Waals surface area contributed by atoms with Crippen LogP contribution in [0.15, 0.2) is 29.4 Å². The average molecular weight is 344 g/mol. The van der Waals surface area contributed by atoms with Crippen molar-refractivity contribution in [2.45, 2.75) is 25.9 Å². The van der Waals surface area contributed by atoms with Crippen LogP contribution in [0.1, 0.15) is 19.8 Å². The van der Waals surface area contributed by atoms with Crippen LogP contribution >= 0.6 is 0 Å². The second-order valence-corrected chi connectivity index (χ2v) is 6.07. The van der Waals surface area contributed by atoms with Crippen molar-refractivity contribution < 1.29 is 19.1 Å². The molecular formula is C17H20N4O4. The lowest BCUT2D eigenvalue weighted by Crippen LogP contribution is -2.37. The molecule has 2 amide bonds. The van der Waals surface area contributed by atoms with Gasteiger partial charge in [0.25, 0.3) is 0 Å². The van der Waals surface area contributed by atoms with Gasteiger partial charge in [0.15, 0.2) is 0 Å². The summed E-state index contributed by atoms with van der Waals surface area (Å²) in [5, 5.41) is 5.36. The fourth-order valence-corrected chi connectivity index (χ4v) is 2.80. The number of nitrogens with zero attached hydrogens (tertiary/aromatic N) is 4. The molecule has 0 aromatic heterocycles. The maximum absolute atomic E-state index is 12.0. The van der Waals surface area contributed by atoms with Crippen LogP contribution in [-0.4, -0.2) is 55.4 Å². The lowest BCUT2D eigenvalue weighted by molar-refractivity contribution is -0.118. The van der Waals surface area contributed by atoms with E-state index >= 15 is 0 Å². The topological polar surface area (TPSA) is 82.5 Å². The monoisotopic (exact) mass is 344 g/mol. The number of ether oxygens (including phenoxy) is 1. The SMILES string of the molecule is CC(=O)CC[C@H]1CN(c2ccc(N3C=NN(C=O)CC3)cc2)C(=O)O1. The Balaban J connectivity index is 1.63. The first-order chi connectivity index (χ1) is 12.1. The molecule has 1 aromatic rings. The van der Waals surface area contributed by atoms with E-state index in [1.807, 2.05) is 29.2 Å². The van der Waals surface area contributed by atoms with Crippen LogP contribution in [0.25, 0.3) is 0 Å². The molecule has 0 bridgehead atoms.